The van der Waals surface area contributed by atoms with E-state index in [1.54, 1.807) is 24.3 Å². The van der Waals surface area contributed by atoms with Gasteiger partial charge in [0.1, 0.15) is 0 Å². The maximum absolute atomic E-state index is 12.3. The van der Waals surface area contributed by atoms with Crippen LogP contribution in [0.3, 0.4) is 0 Å². The molecule has 2 aromatic carbocycles. The Balaban J connectivity index is 1.54. The molecule has 0 spiro atoms. The van der Waals surface area contributed by atoms with Crippen LogP contribution < -0.4 is 5.32 Å². The van der Waals surface area contributed by atoms with Gasteiger partial charge in [-0.25, -0.2) is 4.79 Å². The number of amides is 1. The van der Waals surface area contributed by atoms with Gasteiger partial charge in [-0.2, -0.15) is 0 Å². The van der Waals surface area contributed by atoms with E-state index in [1.165, 1.54) is 11.1 Å². The number of carbonyl (C=O) groups is 2. The van der Waals surface area contributed by atoms with Crippen LogP contribution in [0.5, 0.6) is 0 Å². The van der Waals surface area contributed by atoms with Crippen molar-refractivity contribution in [1.82, 2.24) is 5.32 Å². The van der Waals surface area contributed by atoms with E-state index in [0.29, 0.717) is 12.8 Å². The average molecular weight is 323 g/mol. The van der Waals surface area contributed by atoms with E-state index in [9.17, 15) is 9.59 Å². The van der Waals surface area contributed by atoms with Gasteiger partial charge >= 0.3 is 5.97 Å². The number of nitrogens with one attached hydrogen (secondary N) is 1. The smallest absolute Gasteiger partial charge is 0.335 e. The molecule has 0 heterocycles. The number of aromatic carboxylic acids is 1. The topological polar surface area (TPSA) is 66.4 Å². The fourth-order valence-electron chi connectivity index (χ4n) is 3.36. The van der Waals surface area contributed by atoms with Crippen molar-refractivity contribution in [3.05, 3.63) is 70.8 Å². The Labute approximate surface area is 141 Å². The van der Waals surface area contributed by atoms with E-state index in [4.69, 9.17) is 5.11 Å². The number of carboxylic acid groups (broad SMARTS) is 1. The third-order valence-electron chi connectivity index (χ3n) is 4.56. The van der Waals surface area contributed by atoms with Gasteiger partial charge in [-0.15, -0.1) is 0 Å². The summed E-state index contributed by atoms with van der Waals surface area (Å²) in [6, 6.07) is 15.0. The summed E-state index contributed by atoms with van der Waals surface area (Å²) in [4.78, 5) is 23.1. The molecule has 0 saturated heterocycles. The molecule has 1 aliphatic rings. The number of fused-ring (bicyclic) bond motifs is 1. The van der Waals surface area contributed by atoms with Gasteiger partial charge in [-0.3, -0.25) is 4.79 Å². The summed E-state index contributed by atoms with van der Waals surface area (Å²) in [5.74, 6) is -0.902. The van der Waals surface area contributed by atoms with E-state index < -0.39 is 5.97 Å². The van der Waals surface area contributed by atoms with E-state index in [2.05, 4.69) is 24.4 Å². The Hall–Kier alpha value is -2.62. The lowest BCUT2D eigenvalue weighted by molar-refractivity contribution is -0.122. The Kier molecular flexibility index (Phi) is 4.38. The van der Waals surface area contributed by atoms with Crippen molar-refractivity contribution in [3.8, 4) is 0 Å². The molecule has 0 radical (unpaired) electrons. The molecular formula is C20H21NO3. The fourth-order valence-corrected chi connectivity index (χ4v) is 3.36. The van der Waals surface area contributed by atoms with Gasteiger partial charge in [0.25, 0.3) is 0 Å². The maximum atomic E-state index is 12.3. The van der Waals surface area contributed by atoms with E-state index in [1.807, 2.05) is 12.1 Å². The van der Waals surface area contributed by atoms with Gasteiger partial charge in [0, 0.05) is 12.0 Å². The number of hydrogen-bond donors (Lipinski definition) is 2. The highest BCUT2D eigenvalue weighted by atomic mass is 16.4. The van der Waals surface area contributed by atoms with Crippen molar-refractivity contribution in [2.45, 2.75) is 38.1 Å². The Morgan fingerprint density at radius 1 is 1.04 bits per heavy atom. The second-order valence-electron chi connectivity index (χ2n) is 6.73. The molecule has 0 unspecified atom stereocenters. The third kappa shape index (κ3) is 3.65. The standard InChI is InChI=1S/C20H21NO3/c1-20(12-16-4-2-3-5-17(16)13-20)21-18(22)11-8-14-6-9-15(10-7-14)19(23)24/h2-7,9-10H,8,11-13H2,1H3,(H,21,22)(H,23,24). The Bertz CT molecular complexity index is 740. The Morgan fingerprint density at radius 3 is 2.17 bits per heavy atom. The van der Waals surface area contributed by atoms with Crippen molar-refractivity contribution in [3.63, 3.8) is 0 Å². The first kappa shape index (κ1) is 16.2. The van der Waals surface area contributed by atoms with Crippen LogP contribution in [0.25, 0.3) is 0 Å². The van der Waals surface area contributed by atoms with Crippen LogP contribution in [0.4, 0.5) is 0 Å². The second-order valence-corrected chi connectivity index (χ2v) is 6.73. The number of hydrogen-bond acceptors (Lipinski definition) is 2. The summed E-state index contributed by atoms with van der Waals surface area (Å²) in [5, 5.41) is 12.1. The van der Waals surface area contributed by atoms with Crippen LogP contribution in [-0.4, -0.2) is 22.5 Å². The molecule has 1 aliphatic carbocycles. The van der Waals surface area contributed by atoms with E-state index in [0.717, 1.165) is 18.4 Å². The molecule has 3 rings (SSSR count). The summed E-state index contributed by atoms with van der Waals surface area (Å²) in [7, 11) is 0. The van der Waals surface area contributed by atoms with Crippen molar-refractivity contribution in [2.75, 3.05) is 0 Å². The van der Waals surface area contributed by atoms with Crippen LogP contribution >= 0.6 is 0 Å². The molecule has 24 heavy (non-hydrogen) atoms. The quantitative estimate of drug-likeness (QED) is 0.889. The number of benzene rings is 2. The number of carboxylic acids is 1. The highest BCUT2D eigenvalue weighted by molar-refractivity contribution is 5.87. The zero-order valence-corrected chi connectivity index (χ0v) is 13.7. The molecule has 0 aromatic heterocycles. The number of carbonyl (C=O) groups excluding carboxylic acids is 1. The lowest BCUT2D eigenvalue weighted by Crippen LogP contribution is -2.46. The third-order valence-corrected chi connectivity index (χ3v) is 4.56. The molecule has 0 bridgehead atoms. The predicted octanol–water partition coefficient (Wildman–Crippen LogP) is 2.99. The van der Waals surface area contributed by atoms with Gasteiger partial charge in [0.05, 0.1) is 5.56 Å². The van der Waals surface area contributed by atoms with E-state index in [-0.39, 0.29) is 17.0 Å². The first-order valence-corrected chi connectivity index (χ1v) is 8.15. The normalized spacial score (nSPS) is 14.9. The summed E-state index contributed by atoms with van der Waals surface area (Å²) < 4.78 is 0. The summed E-state index contributed by atoms with van der Waals surface area (Å²) >= 11 is 0. The summed E-state index contributed by atoms with van der Waals surface area (Å²) in [5.41, 5.74) is 3.64. The van der Waals surface area contributed by atoms with Gasteiger partial charge in [0.15, 0.2) is 0 Å². The molecule has 2 N–H and O–H groups in total. The number of rotatable bonds is 5. The maximum Gasteiger partial charge on any atom is 0.335 e. The summed E-state index contributed by atoms with van der Waals surface area (Å²) in [6.45, 7) is 2.09. The highest BCUT2D eigenvalue weighted by Gasteiger charge is 2.33. The zero-order chi connectivity index (χ0) is 17.2. The minimum absolute atomic E-state index is 0.0348. The second kappa shape index (κ2) is 6.48. The molecule has 1 amide bonds. The SMILES string of the molecule is CC1(NC(=O)CCc2ccc(C(=O)O)cc2)Cc2ccccc2C1. The molecule has 124 valence electrons. The average Bonchev–Trinajstić information content (AvgIpc) is 2.88. The zero-order valence-electron chi connectivity index (χ0n) is 13.7. The first-order valence-electron chi connectivity index (χ1n) is 8.15. The van der Waals surface area contributed by atoms with Crippen LogP contribution in [0.1, 0.15) is 40.4 Å². The lowest BCUT2D eigenvalue weighted by atomic mass is 9.98. The fraction of sp³-hybridized carbons (Fsp3) is 0.300. The van der Waals surface area contributed by atoms with Gasteiger partial charge < -0.3 is 10.4 Å². The summed E-state index contributed by atoms with van der Waals surface area (Å²) in [6.07, 6.45) is 2.73. The molecular weight excluding hydrogens is 302 g/mol. The van der Waals surface area contributed by atoms with Gasteiger partial charge in [0.2, 0.25) is 5.91 Å². The highest BCUT2D eigenvalue weighted by Crippen LogP contribution is 2.29. The molecule has 4 heteroatoms. The molecule has 0 fully saturated rings. The van der Waals surface area contributed by atoms with Crippen molar-refractivity contribution in [2.24, 2.45) is 0 Å². The number of aryl methyl sites for hydroxylation is 1. The molecule has 0 aliphatic heterocycles. The monoisotopic (exact) mass is 323 g/mol. The van der Waals surface area contributed by atoms with Crippen molar-refractivity contribution in [1.29, 1.82) is 0 Å². The minimum Gasteiger partial charge on any atom is -0.478 e. The molecule has 0 saturated carbocycles. The molecule has 2 aromatic rings. The Morgan fingerprint density at radius 2 is 1.62 bits per heavy atom. The predicted molar refractivity (Wildman–Crippen MR) is 92.1 cm³/mol. The van der Waals surface area contributed by atoms with Crippen LogP contribution in [0, 0.1) is 0 Å². The lowest BCUT2D eigenvalue weighted by Gasteiger charge is -2.25. The van der Waals surface area contributed by atoms with Crippen molar-refractivity contribution >= 4 is 11.9 Å². The largest absolute Gasteiger partial charge is 0.478 e. The first-order chi connectivity index (χ1) is 11.5. The van der Waals surface area contributed by atoms with Crippen LogP contribution in [0.2, 0.25) is 0 Å². The van der Waals surface area contributed by atoms with Gasteiger partial charge in [-0.05, 0) is 55.0 Å². The molecule has 0 atom stereocenters. The van der Waals surface area contributed by atoms with Crippen molar-refractivity contribution < 1.29 is 14.7 Å². The van der Waals surface area contributed by atoms with Crippen LogP contribution in [-0.2, 0) is 24.1 Å². The minimum atomic E-state index is -0.937. The van der Waals surface area contributed by atoms with Gasteiger partial charge in [-0.1, -0.05) is 36.4 Å². The van der Waals surface area contributed by atoms with E-state index >= 15 is 0 Å². The van der Waals surface area contributed by atoms with Crippen LogP contribution in [0.15, 0.2) is 48.5 Å². The molecule has 4 nitrogen and oxygen atoms in total.